The summed E-state index contributed by atoms with van der Waals surface area (Å²) < 4.78 is 35.2. The fraction of sp³-hybridized carbons (Fsp3) is 0.867. The van der Waals surface area contributed by atoms with E-state index in [0.717, 1.165) is 0 Å². The fourth-order valence-electron chi connectivity index (χ4n) is 2.87. The van der Waals surface area contributed by atoms with Crippen LogP contribution in [0.2, 0.25) is 0 Å². The van der Waals surface area contributed by atoms with Gasteiger partial charge in [0.15, 0.2) is 11.5 Å². The van der Waals surface area contributed by atoms with Gasteiger partial charge >= 0.3 is 5.97 Å². The van der Waals surface area contributed by atoms with Crippen molar-refractivity contribution in [3.8, 4) is 0 Å². The number of nitrogens with one attached hydrogen (secondary N) is 1. The molecular formula is C15H24FNO6. The largest absolute Gasteiger partial charge is 0.461 e. The third kappa shape index (κ3) is 3.49. The van der Waals surface area contributed by atoms with Gasteiger partial charge in [-0.3, -0.25) is 14.9 Å². The Bertz CT molecular complexity index is 477. The van der Waals surface area contributed by atoms with Crippen molar-refractivity contribution in [3.05, 3.63) is 0 Å². The van der Waals surface area contributed by atoms with Crippen molar-refractivity contribution < 1.29 is 32.9 Å². The lowest BCUT2D eigenvalue weighted by Gasteiger charge is -2.30. The van der Waals surface area contributed by atoms with E-state index in [1.807, 2.05) is 0 Å². The highest BCUT2D eigenvalue weighted by molar-refractivity contribution is 5.75. The van der Waals surface area contributed by atoms with Crippen molar-refractivity contribution in [2.45, 2.75) is 64.4 Å². The number of esters is 1. The van der Waals surface area contributed by atoms with Crippen LogP contribution in [-0.4, -0.2) is 55.5 Å². The van der Waals surface area contributed by atoms with E-state index in [0.29, 0.717) is 0 Å². The summed E-state index contributed by atoms with van der Waals surface area (Å²) in [4.78, 5) is 22.7. The summed E-state index contributed by atoms with van der Waals surface area (Å²) >= 11 is 0. The first kappa shape index (κ1) is 18.1. The molecule has 0 unspecified atom stereocenters. The number of hydrogen-bond donors (Lipinski definition) is 1. The minimum Gasteiger partial charge on any atom is -0.461 e. The zero-order chi connectivity index (χ0) is 17.5. The van der Waals surface area contributed by atoms with Crippen molar-refractivity contribution in [2.24, 2.45) is 5.41 Å². The summed E-state index contributed by atoms with van der Waals surface area (Å²) in [5, 5.41) is 2.93. The van der Waals surface area contributed by atoms with Gasteiger partial charge in [-0.1, -0.05) is 0 Å². The van der Waals surface area contributed by atoms with Crippen LogP contribution >= 0.6 is 0 Å². The Balaban J connectivity index is 2.21. The van der Waals surface area contributed by atoms with Gasteiger partial charge in [-0.25, -0.2) is 4.39 Å². The third-order valence-electron chi connectivity index (χ3n) is 3.83. The summed E-state index contributed by atoms with van der Waals surface area (Å²) in [6, 6.07) is -0.797. The fourth-order valence-corrected chi connectivity index (χ4v) is 2.87. The molecule has 0 aromatic rings. The van der Waals surface area contributed by atoms with Gasteiger partial charge < -0.3 is 18.9 Å². The molecule has 0 aromatic heterocycles. The number of rotatable bonds is 5. The van der Waals surface area contributed by atoms with Crippen LogP contribution in [0.15, 0.2) is 0 Å². The highest BCUT2D eigenvalue weighted by Crippen LogP contribution is 2.43. The number of carbonyl (C=O) groups excluding carboxylic acids is 2. The quantitative estimate of drug-likeness (QED) is 0.591. The monoisotopic (exact) mass is 333 g/mol. The van der Waals surface area contributed by atoms with Gasteiger partial charge in [-0.2, -0.15) is 0 Å². The molecule has 4 atom stereocenters. The minimum atomic E-state index is -1.26. The molecule has 2 rings (SSSR count). The molecule has 0 saturated carbocycles. The molecule has 8 heteroatoms. The predicted octanol–water partition coefficient (Wildman–Crippen LogP) is 0.906. The van der Waals surface area contributed by atoms with Gasteiger partial charge in [0.25, 0.3) is 6.47 Å². The topological polar surface area (TPSA) is 83.1 Å². The number of halogens is 1. The van der Waals surface area contributed by atoms with Crippen molar-refractivity contribution >= 4 is 12.4 Å². The highest BCUT2D eigenvalue weighted by Gasteiger charge is 2.65. The van der Waals surface area contributed by atoms with E-state index >= 15 is 0 Å². The molecule has 0 radical (unpaired) electrons. The Morgan fingerprint density at radius 3 is 2.57 bits per heavy atom. The number of fused-ring (bicyclic) bond motifs is 1. The number of alkyl halides is 1. The van der Waals surface area contributed by atoms with E-state index < -0.39 is 47.8 Å². The van der Waals surface area contributed by atoms with E-state index in [-0.39, 0.29) is 13.1 Å². The Kier molecular flexibility index (Phi) is 4.71. The maximum absolute atomic E-state index is 13.3. The Morgan fingerprint density at radius 1 is 1.39 bits per heavy atom. The zero-order valence-electron chi connectivity index (χ0n) is 14.1. The van der Waals surface area contributed by atoms with Crippen LogP contribution in [-0.2, 0) is 28.5 Å². The Morgan fingerprint density at radius 2 is 2.04 bits per heavy atom. The van der Waals surface area contributed by atoms with Crippen LogP contribution in [0, 0.1) is 5.41 Å². The van der Waals surface area contributed by atoms with Crippen LogP contribution < -0.4 is 5.32 Å². The highest BCUT2D eigenvalue weighted by atomic mass is 19.1. The average Bonchev–Trinajstić information content (AvgIpc) is 2.84. The third-order valence-corrected chi connectivity index (χ3v) is 3.83. The SMILES string of the molecule is CC1(C)O[C@H]2[C@H](OC=O)[C@H](CF)N[C@@]2(COC(=O)C(C)(C)C)O1. The second kappa shape index (κ2) is 5.99. The lowest BCUT2D eigenvalue weighted by molar-refractivity contribution is -0.196. The molecule has 2 aliphatic heterocycles. The molecule has 0 bridgehead atoms. The zero-order valence-corrected chi connectivity index (χ0v) is 14.1. The smallest absolute Gasteiger partial charge is 0.311 e. The van der Waals surface area contributed by atoms with Crippen LogP contribution in [0.25, 0.3) is 0 Å². The van der Waals surface area contributed by atoms with Crippen molar-refractivity contribution in [2.75, 3.05) is 13.3 Å². The maximum Gasteiger partial charge on any atom is 0.311 e. The van der Waals surface area contributed by atoms with Crippen LogP contribution in [0.5, 0.6) is 0 Å². The van der Waals surface area contributed by atoms with Crippen molar-refractivity contribution in [1.82, 2.24) is 5.32 Å². The first-order valence-electron chi connectivity index (χ1n) is 7.53. The van der Waals surface area contributed by atoms with Crippen LogP contribution in [0.1, 0.15) is 34.6 Å². The standard InChI is InChI=1S/C15H24FNO6/c1-13(2,3)12(19)20-7-15-11(22-14(4,5)23-15)10(21-8-18)9(6-16)17-15/h8-11,17H,6-7H2,1-5H3/t9-,10+,11-,15-/m0/s1. The van der Waals surface area contributed by atoms with Crippen molar-refractivity contribution in [1.29, 1.82) is 0 Å². The van der Waals surface area contributed by atoms with E-state index in [1.54, 1.807) is 34.6 Å². The Labute approximate surface area is 134 Å². The molecule has 7 nitrogen and oxygen atoms in total. The van der Waals surface area contributed by atoms with Crippen LogP contribution in [0.3, 0.4) is 0 Å². The lowest BCUT2D eigenvalue weighted by atomic mass is 9.97. The number of hydrogen-bond acceptors (Lipinski definition) is 7. The average molecular weight is 333 g/mol. The normalized spacial score (nSPS) is 35.7. The van der Waals surface area contributed by atoms with E-state index in [1.165, 1.54) is 0 Å². The van der Waals surface area contributed by atoms with E-state index in [2.05, 4.69) is 5.32 Å². The summed E-state index contributed by atoms with van der Waals surface area (Å²) in [7, 11) is 0. The van der Waals surface area contributed by atoms with Crippen molar-refractivity contribution in [3.63, 3.8) is 0 Å². The molecule has 2 heterocycles. The van der Waals surface area contributed by atoms with E-state index in [9.17, 15) is 14.0 Å². The molecule has 0 spiro atoms. The summed E-state index contributed by atoms with van der Waals surface area (Å²) in [6.45, 7) is 7.84. The molecule has 23 heavy (non-hydrogen) atoms. The molecular weight excluding hydrogens is 309 g/mol. The number of carbonyl (C=O) groups is 2. The first-order chi connectivity index (χ1) is 10.5. The summed E-state index contributed by atoms with van der Waals surface area (Å²) in [5.74, 6) is -1.41. The van der Waals surface area contributed by atoms with Gasteiger partial charge in [0, 0.05) is 0 Å². The molecule has 0 amide bonds. The second-order valence-corrected chi connectivity index (χ2v) is 7.36. The molecule has 1 N–H and O–H groups in total. The molecule has 2 saturated heterocycles. The molecule has 132 valence electrons. The molecule has 2 fully saturated rings. The van der Waals surface area contributed by atoms with Gasteiger partial charge in [0.1, 0.15) is 25.5 Å². The first-order valence-corrected chi connectivity index (χ1v) is 7.53. The van der Waals surface area contributed by atoms with Gasteiger partial charge in [0.05, 0.1) is 11.5 Å². The molecule has 0 aromatic carbocycles. The summed E-state index contributed by atoms with van der Waals surface area (Å²) in [6.07, 6.45) is -1.65. The van der Waals surface area contributed by atoms with E-state index in [4.69, 9.17) is 18.9 Å². The van der Waals surface area contributed by atoms with Gasteiger partial charge in [0.2, 0.25) is 0 Å². The minimum absolute atomic E-state index is 0.174. The molecule has 0 aliphatic carbocycles. The summed E-state index contributed by atoms with van der Waals surface area (Å²) in [5.41, 5.74) is -1.94. The van der Waals surface area contributed by atoms with Gasteiger partial charge in [-0.05, 0) is 34.6 Å². The van der Waals surface area contributed by atoms with Crippen LogP contribution in [0.4, 0.5) is 4.39 Å². The predicted molar refractivity (Wildman–Crippen MR) is 77.0 cm³/mol. The van der Waals surface area contributed by atoms with Gasteiger partial charge in [-0.15, -0.1) is 0 Å². The second-order valence-electron chi connectivity index (χ2n) is 7.36. The number of ether oxygens (including phenoxy) is 4. The Hall–Kier alpha value is -1.25. The maximum atomic E-state index is 13.3. The lowest BCUT2D eigenvalue weighted by Crippen LogP contribution is -2.54. The molecule has 2 aliphatic rings.